The molecule has 2 saturated heterocycles. The first kappa shape index (κ1) is 28.2. The smallest absolute Gasteiger partial charge is 0.119 e. The highest BCUT2D eigenvalue weighted by atomic mass is 16.5. The third-order valence-corrected chi connectivity index (χ3v) is 6.80. The predicted octanol–water partition coefficient (Wildman–Crippen LogP) is 2.74. The van der Waals surface area contributed by atoms with Crippen molar-refractivity contribution in [3.63, 3.8) is 0 Å². The van der Waals surface area contributed by atoms with Crippen LogP contribution in [0.2, 0.25) is 0 Å². The number of fused-ring (bicyclic) bond motifs is 1. The van der Waals surface area contributed by atoms with Crippen LogP contribution in [-0.2, 0) is 15.9 Å². The second-order valence-electron chi connectivity index (χ2n) is 9.22. The minimum absolute atomic E-state index is 0.243. The van der Waals surface area contributed by atoms with Crippen LogP contribution < -0.4 is 10.1 Å². The fraction of sp³-hybridized carbons (Fsp3) is 0.571. The van der Waals surface area contributed by atoms with Gasteiger partial charge in [0.2, 0.25) is 0 Å². The van der Waals surface area contributed by atoms with Crippen molar-refractivity contribution < 1.29 is 19.3 Å². The van der Waals surface area contributed by atoms with Crippen LogP contribution in [0.3, 0.4) is 0 Å². The van der Waals surface area contributed by atoms with Crippen molar-refractivity contribution >= 4 is 17.1 Å². The van der Waals surface area contributed by atoms with E-state index in [0.717, 1.165) is 75.6 Å². The highest BCUT2D eigenvalue weighted by molar-refractivity contribution is 5.83. The molecule has 0 radical (unpaired) electrons. The van der Waals surface area contributed by atoms with Gasteiger partial charge in [-0.25, -0.2) is 0 Å². The van der Waals surface area contributed by atoms with Gasteiger partial charge < -0.3 is 29.5 Å². The molecule has 4 rings (SSSR count). The van der Waals surface area contributed by atoms with Gasteiger partial charge in [0.05, 0.1) is 44.7 Å². The molecule has 1 aromatic carbocycles. The number of pyridine rings is 1. The summed E-state index contributed by atoms with van der Waals surface area (Å²) >= 11 is 0. The Morgan fingerprint density at radius 2 is 2.14 bits per heavy atom. The summed E-state index contributed by atoms with van der Waals surface area (Å²) in [5, 5.41) is 14.8. The van der Waals surface area contributed by atoms with Crippen molar-refractivity contribution in [2.24, 2.45) is 10.9 Å². The van der Waals surface area contributed by atoms with Crippen molar-refractivity contribution in [1.29, 1.82) is 0 Å². The molecular weight excluding hydrogens is 456 g/mol. The third-order valence-electron chi connectivity index (χ3n) is 6.80. The van der Waals surface area contributed by atoms with Crippen molar-refractivity contribution in [3.05, 3.63) is 47.7 Å². The van der Waals surface area contributed by atoms with Crippen LogP contribution >= 0.6 is 0 Å². The average molecular weight is 499 g/mol. The minimum Gasteiger partial charge on any atom is -0.497 e. The molecule has 3 atom stereocenters. The molecule has 2 N–H and O–H groups in total. The number of aliphatic hydroxyl groups is 1. The normalized spacial score (nSPS) is 24.1. The zero-order valence-electron chi connectivity index (χ0n) is 22.2. The zero-order valence-corrected chi connectivity index (χ0v) is 22.2. The number of rotatable bonds is 8. The van der Waals surface area contributed by atoms with Crippen molar-refractivity contribution in [2.75, 3.05) is 66.7 Å². The van der Waals surface area contributed by atoms with E-state index < -0.39 is 0 Å². The lowest BCUT2D eigenvalue weighted by atomic mass is 10.1. The second-order valence-corrected chi connectivity index (χ2v) is 9.22. The van der Waals surface area contributed by atoms with Crippen molar-refractivity contribution in [3.8, 4) is 5.75 Å². The van der Waals surface area contributed by atoms with E-state index in [-0.39, 0.29) is 18.1 Å². The molecule has 198 valence electrons. The first-order chi connectivity index (χ1) is 17.5. The van der Waals surface area contributed by atoms with Gasteiger partial charge in [0, 0.05) is 63.5 Å². The molecule has 0 saturated carbocycles. The van der Waals surface area contributed by atoms with Gasteiger partial charge in [-0.2, -0.15) is 0 Å². The molecule has 0 aliphatic carbocycles. The maximum absolute atomic E-state index is 10.3. The number of benzene rings is 1. The SMILES string of the molecule is C/C=C1/COCCOC1C.CN=CCNCC1CN(CCc2ccnc3ccc(OC)cc23)CC1O. The van der Waals surface area contributed by atoms with Gasteiger partial charge in [0.1, 0.15) is 5.75 Å². The Morgan fingerprint density at radius 1 is 1.28 bits per heavy atom. The van der Waals surface area contributed by atoms with Gasteiger partial charge in [-0.1, -0.05) is 6.08 Å². The van der Waals surface area contributed by atoms with E-state index in [0.29, 0.717) is 0 Å². The quantitative estimate of drug-likeness (QED) is 0.329. The zero-order chi connectivity index (χ0) is 25.8. The molecule has 0 bridgehead atoms. The molecule has 3 unspecified atom stereocenters. The van der Waals surface area contributed by atoms with E-state index in [4.69, 9.17) is 14.2 Å². The second kappa shape index (κ2) is 15.0. The van der Waals surface area contributed by atoms with E-state index in [9.17, 15) is 5.11 Å². The summed E-state index contributed by atoms with van der Waals surface area (Å²) in [6.07, 6.45) is 6.69. The molecule has 2 aromatic rings. The maximum atomic E-state index is 10.3. The van der Waals surface area contributed by atoms with E-state index in [1.165, 1.54) is 11.1 Å². The lowest BCUT2D eigenvalue weighted by Gasteiger charge is -2.16. The summed E-state index contributed by atoms with van der Waals surface area (Å²) in [4.78, 5) is 10.7. The van der Waals surface area contributed by atoms with Crippen molar-refractivity contribution in [1.82, 2.24) is 15.2 Å². The Labute approximate surface area is 215 Å². The molecule has 1 aromatic heterocycles. The van der Waals surface area contributed by atoms with Crippen LogP contribution in [0.4, 0.5) is 0 Å². The van der Waals surface area contributed by atoms with Crippen LogP contribution in [0.25, 0.3) is 10.9 Å². The molecule has 2 aliphatic heterocycles. The van der Waals surface area contributed by atoms with E-state index >= 15 is 0 Å². The molecule has 3 heterocycles. The minimum atomic E-state index is -0.268. The topological polar surface area (TPSA) is 88.4 Å². The van der Waals surface area contributed by atoms with E-state index in [1.807, 2.05) is 31.5 Å². The number of aromatic nitrogens is 1. The highest BCUT2D eigenvalue weighted by Crippen LogP contribution is 2.24. The number of hydrogen-bond acceptors (Lipinski definition) is 8. The molecule has 2 fully saturated rings. The molecule has 36 heavy (non-hydrogen) atoms. The summed E-state index contributed by atoms with van der Waals surface area (Å²) in [6.45, 7) is 10.4. The Kier molecular flexibility index (Phi) is 11.8. The van der Waals surface area contributed by atoms with Gasteiger partial charge in [-0.3, -0.25) is 9.98 Å². The number of aliphatic imine (C=N–C) groups is 1. The fourth-order valence-corrected chi connectivity index (χ4v) is 4.57. The largest absolute Gasteiger partial charge is 0.497 e. The number of methoxy groups -OCH3 is 1. The molecule has 8 nitrogen and oxygen atoms in total. The fourth-order valence-electron chi connectivity index (χ4n) is 4.57. The average Bonchev–Trinajstić information content (AvgIpc) is 3.11. The van der Waals surface area contributed by atoms with Crippen LogP contribution in [0, 0.1) is 5.92 Å². The Bertz CT molecular complexity index is 997. The third kappa shape index (κ3) is 8.35. The summed E-state index contributed by atoms with van der Waals surface area (Å²) in [6, 6.07) is 8.07. The van der Waals surface area contributed by atoms with Gasteiger partial charge in [0.15, 0.2) is 0 Å². The molecular formula is C28H42N4O4. The summed E-state index contributed by atoms with van der Waals surface area (Å²) in [7, 11) is 3.45. The Hall–Kier alpha value is -2.36. The van der Waals surface area contributed by atoms with Gasteiger partial charge in [-0.15, -0.1) is 0 Å². The standard InChI is InChI=1S/C20H28N4O2.C8H14O2/c1-21-8-9-22-12-16-13-24(14-20(16)25)10-6-15-5-7-23-19-4-3-17(26-2)11-18(15)19;1-3-8-6-9-4-5-10-7(8)2/h3-5,7-8,11,16,20,22,25H,6,9-10,12-14H2,1-2H3;3,7H,4-6H2,1-2H3/b;8-3-. The number of ether oxygens (including phenoxy) is 3. The molecule has 0 amide bonds. The highest BCUT2D eigenvalue weighted by Gasteiger charge is 2.30. The molecule has 0 spiro atoms. The number of hydrogen-bond donors (Lipinski definition) is 2. The number of allylic oxidation sites excluding steroid dienone is 1. The first-order valence-corrected chi connectivity index (χ1v) is 12.8. The lowest BCUT2D eigenvalue weighted by Crippen LogP contribution is -2.31. The van der Waals surface area contributed by atoms with Crippen LogP contribution in [-0.4, -0.2) is 100 Å². The predicted molar refractivity (Wildman–Crippen MR) is 145 cm³/mol. The molecule has 2 aliphatic rings. The lowest BCUT2D eigenvalue weighted by molar-refractivity contribution is 0.0705. The van der Waals surface area contributed by atoms with E-state index in [1.54, 1.807) is 14.2 Å². The summed E-state index contributed by atoms with van der Waals surface area (Å²) < 4.78 is 16.0. The number of nitrogens with one attached hydrogen (secondary N) is 1. The number of aliphatic hydroxyl groups excluding tert-OH is 1. The number of nitrogens with zero attached hydrogens (tertiary/aromatic N) is 3. The molecule has 8 heteroatoms. The summed E-state index contributed by atoms with van der Waals surface area (Å²) in [5.74, 6) is 1.12. The van der Waals surface area contributed by atoms with Gasteiger partial charge >= 0.3 is 0 Å². The van der Waals surface area contributed by atoms with Crippen LogP contribution in [0.1, 0.15) is 19.4 Å². The number of β-amino-alcohol motifs (C(OH)–C–C–N with tert-alkyl or cyclic N) is 1. The van der Waals surface area contributed by atoms with Gasteiger partial charge in [-0.05, 0) is 55.7 Å². The van der Waals surface area contributed by atoms with Crippen LogP contribution in [0.5, 0.6) is 5.75 Å². The Morgan fingerprint density at radius 3 is 2.92 bits per heavy atom. The van der Waals surface area contributed by atoms with Crippen LogP contribution in [0.15, 0.2) is 47.1 Å². The number of likely N-dealkylation sites (tertiary alicyclic amines) is 1. The summed E-state index contributed by atoms with van der Waals surface area (Å²) in [5.41, 5.74) is 3.51. The maximum Gasteiger partial charge on any atom is 0.119 e. The van der Waals surface area contributed by atoms with Crippen molar-refractivity contribution in [2.45, 2.75) is 32.5 Å². The van der Waals surface area contributed by atoms with E-state index in [2.05, 4.69) is 45.3 Å². The monoisotopic (exact) mass is 498 g/mol. The van der Waals surface area contributed by atoms with Gasteiger partial charge in [0.25, 0.3) is 0 Å². The Balaban J connectivity index is 0.000000303. The first-order valence-electron chi connectivity index (χ1n) is 12.8.